The SMILES string of the molecule is Nc1cc(Cl)nc(OCCCO)c1. The highest BCUT2D eigenvalue weighted by Gasteiger charge is 1.99. The fourth-order valence-corrected chi connectivity index (χ4v) is 1.02. The normalized spacial score (nSPS) is 10.0. The van der Waals surface area contributed by atoms with Crippen LogP contribution in [0.15, 0.2) is 12.1 Å². The molecule has 0 spiro atoms. The van der Waals surface area contributed by atoms with Crippen LogP contribution in [-0.2, 0) is 0 Å². The minimum Gasteiger partial charge on any atom is -0.477 e. The molecule has 1 aromatic heterocycles. The van der Waals surface area contributed by atoms with E-state index in [1.54, 1.807) is 12.1 Å². The van der Waals surface area contributed by atoms with E-state index in [1.165, 1.54) is 0 Å². The third kappa shape index (κ3) is 3.48. The number of nitrogens with zero attached hydrogens (tertiary/aromatic N) is 1. The van der Waals surface area contributed by atoms with Gasteiger partial charge < -0.3 is 15.6 Å². The van der Waals surface area contributed by atoms with E-state index in [0.717, 1.165) is 0 Å². The van der Waals surface area contributed by atoms with Crippen molar-refractivity contribution in [2.24, 2.45) is 0 Å². The lowest BCUT2D eigenvalue weighted by atomic mass is 10.4. The summed E-state index contributed by atoms with van der Waals surface area (Å²) >= 11 is 5.64. The number of hydrogen-bond acceptors (Lipinski definition) is 4. The van der Waals surface area contributed by atoms with Crippen molar-refractivity contribution in [3.8, 4) is 5.88 Å². The lowest BCUT2D eigenvalue weighted by Gasteiger charge is -2.04. The first-order chi connectivity index (χ1) is 6.22. The number of hydrogen-bond donors (Lipinski definition) is 2. The van der Waals surface area contributed by atoms with Gasteiger partial charge in [-0.15, -0.1) is 0 Å². The Hall–Kier alpha value is -1.00. The molecule has 0 aliphatic rings. The number of rotatable bonds is 4. The summed E-state index contributed by atoms with van der Waals surface area (Å²) in [5.41, 5.74) is 6.02. The van der Waals surface area contributed by atoms with Crippen LogP contribution >= 0.6 is 11.6 Å². The van der Waals surface area contributed by atoms with Crippen molar-refractivity contribution in [1.82, 2.24) is 4.98 Å². The van der Waals surface area contributed by atoms with Gasteiger partial charge in [0.15, 0.2) is 0 Å². The molecule has 0 bridgehead atoms. The summed E-state index contributed by atoms with van der Waals surface area (Å²) in [6, 6.07) is 3.13. The van der Waals surface area contributed by atoms with Gasteiger partial charge in [-0.1, -0.05) is 11.6 Å². The summed E-state index contributed by atoms with van der Waals surface area (Å²) in [6.07, 6.45) is 0.564. The number of halogens is 1. The van der Waals surface area contributed by atoms with Crippen LogP contribution in [0.1, 0.15) is 6.42 Å². The topological polar surface area (TPSA) is 68.4 Å². The maximum atomic E-state index is 8.50. The molecule has 0 aliphatic heterocycles. The highest BCUT2D eigenvalue weighted by Crippen LogP contribution is 2.17. The molecular formula is C8H11ClN2O2. The molecule has 0 unspecified atom stereocenters. The summed E-state index contributed by atoms with van der Waals surface area (Å²) < 4.78 is 5.17. The van der Waals surface area contributed by atoms with Crippen LogP contribution in [0.4, 0.5) is 5.69 Å². The third-order valence-electron chi connectivity index (χ3n) is 1.35. The Bertz CT molecular complexity index is 261. The fraction of sp³-hybridized carbons (Fsp3) is 0.375. The second-order valence-corrected chi connectivity index (χ2v) is 2.87. The maximum Gasteiger partial charge on any atom is 0.216 e. The molecule has 72 valence electrons. The van der Waals surface area contributed by atoms with Crippen LogP contribution in [0.3, 0.4) is 0 Å². The summed E-state index contributed by atoms with van der Waals surface area (Å²) in [6.45, 7) is 0.499. The van der Waals surface area contributed by atoms with E-state index >= 15 is 0 Å². The second kappa shape index (κ2) is 4.89. The maximum absolute atomic E-state index is 8.50. The standard InChI is InChI=1S/C8H11ClN2O2/c9-7-4-6(10)5-8(11-7)13-3-1-2-12/h4-5,12H,1-3H2,(H2,10,11). The average Bonchev–Trinajstić information content (AvgIpc) is 2.03. The number of nitrogen functional groups attached to an aromatic ring is 1. The predicted octanol–water partition coefficient (Wildman–Crippen LogP) is 1.08. The molecule has 0 saturated heterocycles. The molecule has 0 aliphatic carbocycles. The number of pyridine rings is 1. The molecule has 0 aromatic carbocycles. The monoisotopic (exact) mass is 202 g/mol. The zero-order chi connectivity index (χ0) is 9.68. The number of aromatic nitrogens is 1. The van der Waals surface area contributed by atoms with Gasteiger partial charge in [0.05, 0.1) is 6.61 Å². The number of anilines is 1. The van der Waals surface area contributed by atoms with Crippen molar-refractivity contribution in [1.29, 1.82) is 0 Å². The zero-order valence-corrected chi connectivity index (χ0v) is 7.79. The van der Waals surface area contributed by atoms with Gasteiger partial charge in [-0.25, -0.2) is 4.98 Å². The Morgan fingerprint density at radius 1 is 1.54 bits per heavy atom. The van der Waals surface area contributed by atoms with Gasteiger partial charge in [0.2, 0.25) is 5.88 Å². The molecule has 0 amide bonds. The summed E-state index contributed by atoms with van der Waals surface area (Å²) in [5.74, 6) is 0.387. The molecule has 5 heteroatoms. The summed E-state index contributed by atoms with van der Waals surface area (Å²) in [7, 11) is 0. The molecule has 13 heavy (non-hydrogen) atoms. The van der Waals surface area contributed by atoms with Crippen molar-refractivity contribution in [2.75, 3.05) is 18.9 Å². The lowest BCUT2D eigenvalue weighted by molar-refractivity contribution is 0.229. The second-order valence-electron chi connectivity index (χ2n) is 2.49. The fourth-order valence-electron chi connectivity index (χ4n) is 0.807. The van der Waals surface area contributed by atoms with Gasteiger partial charge in [0.25, 0.3) is 0 Å². The van der Waals surface area contributed by atoms with E-state index in [-0.39, 0.29) is 6.61 Å². The first kappa shape index (κ1) is 10.1. The molecule has 1 rings (SSSR count). The molecule has 3 N–H and O–H groups in total. The van der Waals surface area contributed by atoms with E-state index in [2.05, 4.69) is 4.98 Å². The van der Waals surface area contributed by atoms with Crippen molar-refractivity contribution >= 4 is 17.3 Å². The molecule has 0 saturated carbocycles. The quantitative estimate of drug-likeness (QED) is 0.566. The highest BCUT2D eigenvalue weighted by atomic mass is 35.5. The molecule has 4 nitrogen and oxygen atoms in total. The molecular weight excluding hydrogens is 192 g/mol. The van der Waals surface area contributed by atoms with E-state index in [1.807, 2.05) is 0 Å². The third-order valence-corrected chi connectivity index (χ3v) is 1.54. The Morgan fingerprint density at radius 2 is 2.31 bits per heavy atom. The highest BCUT2D eigenvalue weighted by molar-refractivity contribution is 6.29. The zero-order valence-electron chi connectivity index (χ0n) is 7.03. The smallest absolute Gasteiger partial charge is 0.216 e. The van der Waals surface area contributed by atoms with Crippen molar-refractivity contribution in [2.45, 2.75) is 6.42 Å². The predicted molar refractivity (Wildman–Crippen MR) is 50.9 cm³/mol. The molecule has 1 aromatic rings. The van der Waals surface area contributed by atoms with Crippen molar-refractivity contribution < 1.29 is 9.84 Å². The lowest BCUT2D eigenvalue weighted by Crippen LogP contribution is -2.01. The Morgan fingerprint density at radius 3 is 2.92 bits per heavy atom. The van der Waals surface area contributed by atoms with Crippen LogP contribution in [0.5, 0.6) is 5.88 Å². The van der Waals surface area contributed by atoms with Gasteiger partial charge in [0, 0.05) is 24.8 Å². The van der Waals surface area contributed by atoms with Crippen LogP contribution < -0.4 is 10.5 Å². The minimum atomic E-state index is 0.0933. The van der Waals surface area contributed by atoms with Gasteiger partial charge in [-0.2, -0.15) is 0 Å². The molecule has 1 heterocycles. The molecule has 0 fully saturated rings. The van der Waals surface area contributed by atoms with Gasteiger partial charge >= 0.3 is 0 Å². The van der Waals surface area contributed by atoms with Crippen LogP contribution in [0, 0.1) is 0 Å². The largest absolute Gasteiger partial charge is 0.477 e. The molecule has 0 radical (unpaired) electrons. The first-order valence-corrected chi connectivity index (χ1v) is 4.27. The number of aliphatic hydroxyl groups excluding tert-OH is 1. The van der Waals surface area contributed by atoms with Crippen LogP contribution in [0.25, 0.3) is 0 Å². The van der Waals surface area contributed by atoms with Gasteiger partial charge in [0.1, 0.15) is 5.15 Å². The Kier molecular flexibility index (Phi) is 3.79. The summed E-state index contributed by atoms with van der Waals surface area (Å²) in [4.78, 5) is 3.89. The summed E-state index contributed by atoms with van der Waals surface area (Å²) in [5, 5.41) is 8.81. The van der Waals surface area contributed by atoms with Crippen LogP contribution in [0.2, 0.25) is 5.15 Å². The van der Waals surface area contributed by atoms with E-state index < -0.39 is 0 Å². The van der Waals surface area contributed by atoms with Gasteiger partial charge in [-0.05, 0) is 6.07 Å². The van der Waals surface area contributed by atoms with Crippen molar-refractivity contribution in [3.63, 3.8) is 0 Å². The van der Waals surface area contributed by atoms with E-state index in [9.17, 15) is 0 Å². The Balaban J connectivity index is 2.56. The molecule has 0 atom stereocenters. The minimum absolute atomic E-state index is 0.0933. The van der Waals surface area contributed by atoms with Crippen LogP contribution in [-0.4, -0.2) is 23.3 Å². The number of aliphatic hydroxyl groups is 1. The Labute approximate surface area is 81.3 Å². The number of ether oxygens (including phenoxy) is 1. The van der Waals surface area contributed by atoms with Gasteiger partial charge in [-0.3, -0.25) is 0 Å². The number of nitrogens with two attached hydrogens (primary N) is 1. The van der Waals surface area contributed by atoms with E-state index in [0.29, 0.717) is 29.7 Å². The average molecular weight is 203 g/mol. The van der Waals surface area contributed by atoms with E-state index in [4.69, 9.17) is 27.2 Å². The van der Waals surface area contributed by atoms with Crippen molar-refractivity contribution in [3.05, 3.63) is 17.3 Å². The first-order valence-electron chi connectivity index (χ1n) is 3.89.